The Morgan fingerprint density at radius 2 is 1.94 bits per heavy atom. The van der Waals surface area contributed by atoms with E-state index in [-0.39, 0.29) is 5.69 Å². The van der Waals surface area contributed by atoms with Crippen molar-refractivity contribution in [2.24, 2.45) is 7.05 Å². The predicted molar refractivity (Wildman–Crippen MR) is 65.6 cm³/mol. The second kappa shape index (κ2) is 4.83. The van der Waals surface area contributed by atoms with Gasteiger partial charge in [0, 0.05) is 13.2 Å². The Kier molecular flexibility index (Phi) is 3.23. The standard InChI is InChI=1S/C13H12N2O3/c1-9-8-15(2)12(16)11(14-9)13(17)18-10-6-4-3-5-7-10/h3-8H,1-2H3. The summed E-state index contributed by atoms with van der Waals surface area (Å²) in [6.07, 6.45) is 1.56. The van der Waals surface area contributed by atoms with E-state index >= 15 is 0 Å². The number of aryl methyl sites for hydroxylation is 2. The SMILES string of the molecule is Cc1cn(C)c(=O)c(C(=O)Oc2ccccc2)n1. The maximum atomic E-state index is 11.8. The van der Waals surface area contributed by atoms with Crippen LogP contribution in [-0.4, -0.2) is 15.5 Å². The Hall–Kier alpha value is -2.43. The Morgan fingerprint density at radius 1 is 1.28 bits per heavy atom. The summed E-state index contributed by atoms with van der Waals surface area (Å²) in [4.78, 5) is 27.5. The largest absolute Gasteiger partial charge is 0.422 e. The minimum absolute atomic E-state index is 0.207. The Bertz CT molecular complexity index is 632. The quantitative estimate of drug-likeness (QED) is 0.590. The molecule has 5 nitrogen and oxygen atoms in total. The van der Waals surface area contributed by atoms with Crippen molar-refractivity contribution >= 4 is 5.97 Å². The molecule has 0 aliphatic heterocycles. The number of carbonyl (C=O) groups excluding carboxylic acids is 1. The summed E-state index contributed by atoms with van der Waals surface area (Å²) in [7, 11) is 1.57. The highest BCUT2D eigenvalue weighted by molar-refractivity contribution is 5.88. The summed E-state index contributed by atoms with van der Waals surface area (Å²) in [6.45, 7) is 1.71. The van der Waals surface area contributed by atoms with Gasteiger partial charge in [0.2, 0.25) is 5.69 Å². The monoisotopic (exact) mass is 244 g/mol. The molecule has 92 valence electrons. The third-order valence-electron chi connectivity index (χ3n) is 2.34. The molecule has 1 aromatic heterocycles. The maximum Gasteiger partial charge on any atom is 0.368 e. The average Bonchev–Trinajstić information content (AvgIpc) is 2.35. The van der Waals surface area contributed by atoms with Crippen molar-refractivity contribution in [3.8, 4) is 5.75 Å². The number of rotatable bonds is 2. The number of para-hydroxylation sites is 1. The minimum atomic E-state index is -0.745. The summed E-state index contributed by atoms with van der Waals surface area (Å²) < 4.78 is 6.39. The fourth-order valence-corrected chi connectivity index (χ4v) is 1.54. The molecule has 5 heteroatoms. The highest BCUT2D eigenvalue weighted by Crippen LogP contribution is 2.09. The zero-order chi connectivity index (χ0) is 13.1. The molecular weight excluding hydrogens is 232 g/mol. The van der Waals surface area contributed by atoms with Crippen LogP contribution in [0.1, 0.15) is 16.2 Å². The Labute approximate surface area is 104 Å². The van der Waals surface area contributed by atoms with Crippen LogP contribution >= 0.6 is 0 Å². The molecule has 0 spiro atoms. The summed E-state index contributed by atoms with van der Waals surface area (Å²) in [6, 6.07) is 8.56. The third-order valence-corrected chi connectivity index (χ3v) is 2.34. The lowest BCUT2D eigenvalue weighted by molar-refractivity contribution is 0.0725. The van der Waals surface area contributed by atoms with Gasteiger partial charge in [-0.2, -0.15) is 0 Å². The average molecular weight is 244 g/mol. The van der Waals surface area contributed by atoms with Gasteiger partial charge in [-0.1, -0.05) is 18.2 Å². The van der Waals surface area contributed by atoms with E-state index in [1.165, 1.54) is 4.57 Å². The van der Waals surface area contributed by atoms with Crippen molar-refractivity contribution in [1.82, 2.24) is 9.55 Å². The van der Waals surface area contributed by atoms with Gasteiger partial charge in [-0.15, -0.1) is 0 Å². The van der Waals surface area contributed by atoms with Crippen molar-refractivity contribution in [3.63, 3.8) is 0 Å². The van der Waals surface area contributed by atoms with E-state index in [0.29, 0.717) is 11.4 Å². The molecule has 0 fully saturated rings. The zero-order valence-electron chi connectivity index (χ0n) is 10.1. The number of hydrogen-bond donors (Lipinski definition) is 0. The van der Waals surface area contributed by atoms with E-state index in [1.54, 1.807) is 50.5 Å². The van der Waals surface area contributed by atoms with Crippen LogP contribution in [0.4, 0.5) is 0 Å². The van der Waals surface area contributed by atoms with E-state index in [1.807, 2.05) is 0 Å². The van der Waals surface area contributed by atoms with E-state index in [0.717, 1.165) is 0 Å². The van der Waals surface area contributed by atoms with Crippen molar-refractivity contribution in [2.45, 2.75) is 6.92 Å². The number of benzene rings is 1. The second-order valence-electron chi connectivity index (χ2n) is 3.85. The lowest BCUT2D eigenvalue weighted by Gasteiger charge is -2.05. The molecule has 2 rings (SSSR count). The van der Waals surface area contributed by atoms with E-state index in [4.69, 9.17) is 4.74 Å². The lowest BCUT2D eigenvalue weighted by Crippen LogP contribution is -2.28. The van der Waals surface area contributed by atoms with Crippen molar-refractivity contribution in [1.29, 1.82) is 0 Å². The van der Waals surface area contributed by atoms with Crippen LogP contribution in [0.15, 0.2) is 41.3 Å². The Morgan fingerprint density at radius 3 is 2.61 bits per heavy atom. The van der Waals surface area contributed by atoms with Crippen LogP contribution < -0.4 is 10.3 Å². The van der Waals surface area contributed by atoms with Crippen LogP contribution in [0.25, 0.3) is 0 Å². The molecule has 0 saturated heterocycles. The fourth-order valence-electron chi connectivity index (χ4n) is 1.54. The fraction of sp³-hybridized carbons (Fsp3) is 0.154. The molecular formula is C13H12N2O3. The summed E-state index contributed by atoms with van der Waals surface area (Å²) in [5, 5.41) is 0. The van der Waals surface area contributed by atoms with Crippen LogP contribution in [-0.2, 0) is 7.05 Å². The van der Waals surface area contributed by atoms with Crippen LogP contribution in [0.2, 0.25) is 0 Å². The number of nitrogens with zero attached hydrogens (tertiary/aromatic N) is 2. The topological polar surface area (TPSA) is 61.2 Å². The lowest BCUT2D eigenvalue weighted by atomic mass is 10.3. The first-order valence-electron chi connectivity index (χ1n) is 5.39. The van der Waals surface area contributed by atoms with E-state index in [2.05, 4.69) is 4.98 Å². The van der Waals surface area contributed by atoms with E-state index in [9.17, 15) is 9.59 Å². The molecule has 0 bridgehead atoms. The molecule has 18 heavy (non-hydrogen) atoms. The molecule has 0 N–H and O–H groups in total. The van der Waals surface area contributed by atoms with Crippen LogP contribution in [0.3, 0.4) is 0 Å². The number of ether oxygens (including phenoxy) is 1. The van der Waals surface area contributed by atoms with Crippen LogP contribution in [0, 0.1) is 6.92 Å². The van der Waals surface area contributed by atoms with Gasteiger partial charge in [0.05, 0.1) is 5.69 Å². The number of carbonyl (C=O) groups is 1. The van der Waals surface area contributed by atoms with Crippen molar-refractivity contribution < 1.29 is 9.53 Å². The van der Waals surface area contributed by atoms with Gasteiger partial charge >= 0.3 is 5.97 Å². The van der Waals surface area contributed by atoms with Gasteiger partial charge in [-0.25, -0.2) is 9.78 Å². The summed E-state index contributed by atoms with van der Waals surface area (Å²) in [5.41, 5.74) is -0.0972. The smallest absolute Gasteiger partial charge is 0.368 e. The molecule has 1 aromatic carbocycles. The molecule has 0 saturated carbocycles. The molecule has 1 heterocycles. The van der Waals surface area contributed by atoms with Crippen molar-refractivity contribution in [2.75, 3.05) is 0 Å². The highest BCUT2D eigenvalue weighted by atomic mass is 16.5. The van der Waals surface area contributed by atoms with Gasteiger partial charge < -0.3 is 9.30 Å². The molecule has 0 radical (unpaired) electrons. The number of hydrogen-bond acceptors (Lipinski definition) is 4. The molecule has 0 aliphatic rings. The third kappa shape index (κ3) is 2.45. The predicted octanol–water partition coefficient (Wildman–Crippen LogP) is 1.31. The molecule has 0 unspecified atom stereocenters. The van der Waals surface area contributed by atoms with E-state index < -0.39 is 11.5 Å². The second-order valence-corrected chi connectivity index (χ2v) is 3.85. The normalized spacial score (nSPS) is 10.1. The number of esters is 1. The first kappa shape index (κ1) is 12.0. The summed E-state index contributed by atoms with van der Waals surface area (Å²) >= 11 is 0. The highest BCUT2D eigenvalue weighted by Gasteiger charge is 2.16. The first-order chi connectivity index (χ1) is 8.58. The first-order valence-corrected chi connectivity index (χ1v) is 5.39. The van der Waals surface area contributed by atoms with Gasteiger partial charge in [-0.05, 0) is 19.1 Å². The molecule has 0 atom stereocenters. The molecule has 0 amide bonds. The van der Waals surface area contributed by atoms with Gasteiger partial charge in [0.1, 0.15) is 5.75 Å². The van der Waals surface area contributed by atoms with Crippen LogP contribution in [0.5, 0.6) is 5.75 Å². The maximum absolute atomic E-state index is 11.8. The minimum Gasteiger partial charge on any atom is -0.422 e. The van der Waals surface area contributed by atoms with Gasteiger partial charge in [0.15, 0.2) is 0 Å². The van der Waals surface area contributed by atoms with Crippen molar-refractivity contribution in [3.05, 3.63) is 58.3 Å². The Balaban J connectivity index is 2.33. The van der Waals surface area contributed by atoms with Gasteiger partial charge in [-0.3, -0.25) is 4.79 Å². The molecule has 2 aromatic rings. The molecule has 0 aliphatic carbocycles. The number of aromatic nitrogens is 2. The summed E-state index contributed by atoms with van der Waals surface area (Å²) in [5.74, 6) is -0.363. The van der Waals surface area contributed by atoms with Gasteiger partial charge in [0.25, 0.3) is 5.56 Å². The zero-order valence-corrected chi connectivity index (χ0v) is 10.1.